The molecule has 0 aliphatic heterocycles. The van der Waals surface area contributed by atoms with Crippen LogP contribution in [0.25, 0.3) is 0 Å². The Labute approximate surface area is 156 Å². The first-order chi connectivity index (χ1) is 12.1. The lowest BCUT2D eigenvalue weighted by molar-refractivity contribution is -0.161. The van der Waals surface area contributed by atoms with Gasteiger partial charge in [-0.25, -0.2) is 4.79 Å². The van der Waals surface area contributed by atoms with E-state index in [2.05, 4.69) is 9.24 Å². The smallest absolute Gasteiger partial charge is 0.339 e. The second-order valence-electron chi connectivity index (χ2n) is 7.52. The fourth-order valence-corrected chi connectivity index (χ4v) is 3.30. The molecule has 0 spiro atoms. The van der Waals surface area contributed by atoms with Crippen LogP contribution in [0.1, 0.15) is 56.8 Å². The van der Waals surface area contributed by atoms with Crippen molar-refractivity contribution < 1.29 is 28.9 Å². The average molecular weight is 382 g/mol. The van der Waals surface area contributed by atoms with Gasteiger partial charge in [0.25, 0.3) is 0 Å². The molecule has 0 saturated heterocycles. The first-order valence-corrected chi connectivity index (χ1v) is 9.28. The topological polar surface area (TPSA) is 82.1 Å². The number of rotatable bonds is 5. The number of carboxylic acid groups (broad SMARTS) is 1. The normalized spacial score (nSPS) is 20.3. The van der Waals surface area contributed by atoms with E-state index in [1.807, 2.05) is 20.8 Å². The van der Waals surface area contributed by atoms with Crippen molar-refractivity contribution in [2.45, 2.75) is 58.2 Å². The van der Waals surface area contributed by atoms with E-state index in [9.17, 15) is 14.7 Å². The highest BCUT2D eigenvalue weighted by Crippen LogP contribution is 2.31. The lowest BCUT2D eigenvalue weighted by Crippen LogP contribution is -2.33. The van der Waals surface area contributed by atoms with Crippen LogP contribution in [-0.2, 0) is 9.53 Å². The molecule has 26 heavy (non-hydrogen) atoms. The highest BCUT2D eigenvalue weighted by atomic mass is 31.0. The Morgan fingerprint density at radius 3 is 2.23 bits per heavy atom. The third-order valence-electron chi connectivity index (χ3n) is 4.27. The first kappa shape index (κ1) is 20.5. The molecule has 6 nitrogen and oxygen atoms in total. The second-order valence-corrected chi connectivity index (χ2v) is 8.14. The van der Waals surface area contributed by atoms with Gasteiger partial charge >= 0.3 is 11.9 Å². The highest BCUT2D eigenvalue weighted by molar-refractivity contribution is 7.27. The van der Waals surface area contributed by atoms with Gasteiger partial charge in [0.05, 0.1) is 19.1 Å². The molecule has 0 aromatic heterocycles. The quantitative estimate of drug-likeness (QED) is 0.622. The molecule has 1 aromatic rings. The van der Waals surface area contributed by atoms with Crippen LogP contribution in [0.2, 0.25) is 0 Å². The minimum atomic E-state index is -1.06. The summed E-state index contributed by atoms with van der Waals surface area (Å²) in [6.07, 6.45) is 2.80. The van der Waals surface area contributed by atoms with E-state index in [-0.39, 0.29) is 23.6 Å². The maximum Gasteiger partial charge on any atom is 0.339 e. The Morgan fingerprint density at radius 1 is 1.12 bits per heavy atom. The summed E-state index contributed by atoms with van der Waals surface area (Å²) in [7, 11) is 3.98. The number of hydrogen-bond acceptors (Lipinski definition) is 5. The molecule has 144 valence electrons. The Balaban J connectivity index is 2.00. The minimum Gasteiger partial charge on any atom is -0.496 e. The Bertz CT molecular complexity index is 671. The predicted molar refractivity (Wildman–Crippen MR) is 102 cm³/mol. The van der Waals surface area contributed by atoms with Crippen molar-refractivity contribution >= 4 is 26.5 Å². The molecule has 7 heteroatoms. The number of carbonyl (C=O) groups excluding carboxylic acids is 1. The van der Waals surface area contributed by atoms with Gasteiger partial charge in [-0.1, -0.05) is 0 Å². The molecule has 1 unspecified atom stereocenters. The molecule has 2 rings (SSSR count). The van der Waals surface area contributed by atoms with E-state index >= 15 is 0 Å². The van der Waals surface area contributed by atoms with Crippen molar-refractivity contribution in [3.63, 3.8) is 0 Å². The molecule has 1 aliphatic carbocycles. The summed E-state index contributed by atoms with van der Waals surface area (Å²) in [6.45, 7) is 5.59. The van der Waals surface area contributed by atoms with Gasteiger partial charge in [-0.2, -0.15) is 0 Å². The number of ether oxygens (including phenoxy) is 3. The standard InChI is InChI=1S/C19H27O6P/c1-19(2,3)25-18(22)11-5-7-12(8-6-11)24-15-9-13(17(20)21)14(23-4)10-16(15)26/h9-12H,5-8,26H2,1-4H3,(H,20,21)/t11-,12+. The van der Waals surface area contributed by atoms with Gasteiger partial charge in [-0.05, 0) is 58.6 Å². The van der Waals surface area contributed by atoms with Crippen molar-refractivity contribution in [3.8, 4) is 11.5 Å². The zero-order chi connectivity index (χ0) is 19.5. The molecule has 1 atom stereocenters. The van der Waals surface area contributed by atoms with E-state index in [1.54, 1.807) is 6.07 Å². The van der Waals surface area contributed by atoms with Crippen LogP contribution < -0.4 is 14.8 Å². The van der Waals surface area contributed by atoms with Crippen LogP contribution in [-0.4, -0.2) is 35.9 Å². The zero-order valence-corrected chi connectivity index (χ0v) is 16.9. The predicted octanol–water partition coefficient (Wildman–Crippen LogP) is 3.17. The van der Waals surface area contributed by atoms with Gasteiger partial charge in [0.2, 0.25) is 0 Å². The lowest BCUT2D eigenvalue weighted by Gasteiger charge is -2.30. The molecule has 1 aliphatic rings. The molecule has 0 amide bonds. The van der Waals surface area contributed by atoms with Crippen LogP contribution in [0.3, 0.4) is 0 Å². The summed E-state index contributed by atoms with van der Waals surface area (Å²) in [6, 6.07) is 3.12. The summed E-state index contributed by atoms with van der Waals surface area (Å²) in [4.78, 5) is 23.6. The molecule has 1 N–H and O–H groups in total. The van der Waals surface area contributed by atoms with E-state index in [0.29, 0.717) is 24.3 Å². The van der Waals surface area contributed by atoms with Gasteiger partial charge in [-0.15, -0.1) is 9.24 Å². The Kier molecular flexibility index (Phi) is 6.51. The van der Waals surface area contributed by atoms with Crippen LogP contribution in [0.5, 0.6) is 11.5 Å². The SMILES string of the molecule is COc1cc(P)c(O[C@H]2CC[C@@H](C(=O)OC(C)(C)C)CC2)cc1C(=O)O. The van der Waals surface area contributed by atoms with Crippen LogP contribution in [0, 0.1) is 5.92 Å². The largest absolute Gasteiger partial charge is 0.496 e. The summed E-state index contributed by atoms with van der Waals surface area (Å²) in [5.74, 6) is -0.516. The molecular weight excluding hydrogens is 355 g/mol. The molecule has 1 aromatic carbocycles. The zero-order valence-electron chi connectivity index (χ0n) is 15.7. The number of esters is 1. The van der Waals surface area contributed by atoms with Crippen LogP contribution in [0.4, 0.5) is 0 Å². The average Bonchev–Trinajstić information content (AvgIpc) is 2.55. The van der Waals surface area contributed by atoms with Crippen molar-refractivity contribution in [1.82, 2.24) is 0 Å². The maximum atomic E-state index is 12.2. The number of aromatic carboxylic acids is 1. The number of carboxylic acids is 1. The number of carbonyl (C=O) groups is 2. The summed E-state index contributed by atoms with van der Waals surface area (Å²) in [5, 5.41) is 10.0. The van der Waals surface area contributed by atoms with Crippen LogP contribution in [0.15, 0.2) is 12.1 Å². The summed E-state index contributed by atoms with van der Waals surface area (Å²) >= 11 is 0. The molecule has 0 bridgehead atoms. The summed E-state index contributed by atoms with van der Waals surface area (Å²) in [5.41, 5.74) is -0.411. The van der Waals surface area contributed by atoms with Gasteiger partial charge in [-0.3, -0.25) is 4.79 Å². The fourth-order valence-electron chi connectivity index (χ4n) is 2.99. The number of benzene rings is 1. The monoisotopic (exact) mass is 382 g/mol. The van der Waals surface area contributed by atoms with Gasteiger partial charge in [0, 0.05) is 5.30 Å². The van der Waals surface area contributed by atoms with Crippen molar-refractivity contribution in [2.75, 3.05) is 7.11 Å². The van der Waals surface area contributed by atoms with Gasteiger partial charge in [0.1, 0.15) is 22.7 Å². The van der Waals surface area contributed by atoms with E-state index in [4.69, 9.17) is 14.2 Å². The minimum absolute atomic E-state index is 0.0528. The number of methoxy groups -OCH3 is 1. The molecule has 1 fully saturated rings. The van der Waals surface area contributed by atoms with Crippen LogP contribution >= 0.6 is 9.24 Å². The summed E-state index contributed by atoms with van der Waals surface area (Å²) < 4.78 is 16.6. The second kappa shape index (κ2) is 8.26. The molecule has 0 heterocycles. The fraction of sp³-hybridized carbons (Fsp3) is 0.579. The lowest BCUT2D eigenvalue weighted by atomic mass is 9.87. The van der Waals surface area contributed by atoms with Gasteiger partial charge in [0.15, 0.2) is 0 Å². The Morgan fingerprint density at radius 2 is 1.73 bits per heavy atom. The van der Waals surface area contributed by atoms with Gasteiger partial charge < -0.3 is 19.3 Å². The first-order valence-electron chi connectivity index (χ1n) is 8.71. The van der Waals surface area contributed by atoms with E-state index in [1.165, 1.54) is 13.2 Å². The third kappa shape index (κ3) is 5.34. The Hall–Kier alpha value is -1.81. The molecular formula is C19H27O6P. The van der Waals surface area contributed by atoms with Crippen molar-refractivity contribution in [3.05, 3.63) is 17.7 Å². The van der Waals surface area contributed by atoms with Crippen molar-refractivity contribution in [2.24, 2.45) is 5.92 Å². The maximum absolute atomic E-state index is 12.2. The van der Waals surface area contributed by atoms with Crippen molar-refractivity contribution in [1.29, 1.82) is 0 Å². The van der Waals surface area contributed by atoms with E-state index < -0.39 is 11.6 Å². The third-order valence-corrected chi connectivity index (χ3v) is 4.72. The van der Waals surface area contributed by atoms with E-state index in [0.717, 1.165) is 18.1 Å². The molecule has 0 radical (unpaired) electrons. The highest BCUT2D eigenvalue weighted by Gasteiger charge is 2.31. The number of hydrogen-bond donors (Lipinski definition) is 1. The molecule has 1 saturated carbocycles.